The predicted molar refractivity (Wildman–Crippen MR) is 63.6 cm³/mol. The van der Waals surface area contributed by atoms with Crippen LogP contribution in [0.1, 0.15) is 31.0 Å². The van der Waals surface area contributed by atoms with Gasteiger partial charge in [0, 0.05) is 24.9 Å². The number of nitrogens with zero attached hydrogens (tertiary/aromatic N) is 2. The van der Waals surface area contributed by atoms with Gasteiger partial charge in [0.1, 0.15) is 10.9 Å². The van der Waals surface area contributed by atoms with E-state index >= 15 is 0 Å². The van der Waals surface area contributed by atoms with Crippen LogP contribution in [-0.4, -0.2) is 15.6 Å². The number of ketones is 1. The molecule has 16 heavy (non-hydrogen) atoms. The van der Waals surface area contributed by atoms with Gasteiger partial charge in [-0.2, -0.15) is 5.10 Å². The highest BCUT2D eigenvalue weighted by atomic mass is 35.5. The monoisotopic (exact) mass is 240 g/mol. The highest BCUT2D eigenvalue weighted by Crippen LogP contribution is 2.37. The Hall–Kier alpha value is -0.830. The van der Waals surface area contributed by atoms with Gasteiger partial charge in [-0.1, -0.05) is 18.5 Å². The molecule has 1 aromatic rings. The Morgan fingerprint density at radius 2 is 2.25 bits per heavy atom. The maximum Gasteiger partial charge on any atom is 0.140 e. The van der Waals surface area contributed by atoms with E-state index in [9.17, 15) is 4.79 Å². The zero-order valence-corrected chi connectivity index (χ0v) is 10.7. The molecule has 88 valence electrons. The van der Waals surface area contributed by atoms with Crippen molar-refractivity contribution in [2.75, 3.05) is 0 Å². The highest BCUT2D eigenvalue weighted by Gasteiger charge is 2.32. The number of hydrogen-bond donors (Lipinski definition) is 0. The summed E-state index contributed by atoms with van der Waals surface area (Å²) in [5.41, 5.74) is 1.76. The molecule has 2 rings (SSSR count). The van der Waals surface area contributed by atoms with Gasteiger partial charge in [-0.15, -0.1) is 0 Å². The standard InChI is InChI=1S/C12H17ClN2O/c1-7(9-4-5-9)11(16)6-10-8(2)14-15(3)12(10)13/h7,9H,4-6H2,1-3H3. The molecule has 0 saturated heterocycles. The molecule has 4 heteroatoms. The molecule has 0 aromatic carbocycles. The third-order valence-electron chi connectivity index (χ3n) is 3.46. The first kappa shape index (κ1) is 11.6. The van der Waals surface area contributed by atoms with Crippen LogP contribution in [0.15, 0.2) is 0 Å². The first-order chi connectivity index (χ1) is 7.50. The fourth-order valence-corrected chi connectivity index (χ4v) is 2.31. The summed E-state index contributed by atoms with van der Waals surface area (Å²) < 4.78 is 1.63. The quantitative estimate of drug-likeness (QED) is 0.811. The lowest BCUT2D eigenvalue weighted by atomic mass is 9.96. The largest absolute Gasteiger partial charge is 0.299 e. The van der Waals surface area contributed by atoms with Crippen LogP contribution in [0.25, 0.3) is 0 Å². The van der Waals surface area contributed by atoms with E-state index in [2.05, 4.69) is 5.10 Å². The molecule has 0 amide bonds. The van der Waals surface area contributed by atoms with Crippen LogP contribution < -0.4 is 0 Å². The molecule has 1 aliphatic carbocycles. The van der Waals surface area contributed by atoms with Crippen molar-refractivity contribution in [2.45, 2.75) is 33.1 Å². The maximum absolute atomic E-state index is 12.0. The van der Waals surface area contributed by atoms with E-state index in [1.54, 1.807) is 11.7 Å². The molecule has 0 radical (unpaired) electrons. The van der Waals surface area contributed by atoms with Crippen molar-refractivity contribution in [3.63, 3.8) is 0 Å². The van der Waals surface area contributed by atoms with E-state index in [4.69, 9.17) is 11.6 Å². The summed E-state index contributed by atoms with van der Waals surface area (Å²) in [5.74, 6) is 1.08. The Morgan fingerprint density at radius 3 is 2.69 bits per heavy atom. The molecule has 0 N–H and O–H groups in total. The van der Waals surface area contributed by atoms with E-state index in [0.717, 1.165) is 11.3 Å². The van der Waals surface area contributed by atoms with Crippen molar-refractivity contribution in [1.29, 1.82) is 0 Å². The topological polar surface area (TPSA) is 34.9 Å². The van der Waals surface area contributed by atoms with E-state index < -0.39 is 0 Å². The molecule has 0 aliphatic heterocycles. The number of carbonyl (C=O) groups excluding carboxylic acids is 1. The van der Waals surface area contributed by atoms with E-state index in [1.165, 1.54) is 12.8 Å². The summed E-state index contributed by atoms with van der Waals surface area (Å²) in [7, 11) is 1.80. The fraction of sp³-hybridized carbons (Fsp3) is 0.667. The lowest BCUT2D eigenvalue weighted by Crippen LogP contribution is -2.15. The Bertz CT molecular complexity index is 421. The molecule has 1 aliphatic rings. The zero-order chi connectivity index (χ0) is 11.9. The Labute approximate surface area is 101 Å². The smallest absolute Gasteiger partial charge is 0.140 e. The van der Waals surface area contributed by atoms with Gasteiger partial charge in [0.15, 0.2) is 0 Å². The van der Waals surface area contributed by atoms with Crippen molar-refractivity contribution >= 4 is 17.4 Å². The second kappa shape index (κ2) is 4.21. The van der Waals surface area contributed by atoms with Gasteiger partial charge in [-0.3, -0.25) is 9.48 Å². The first-order valence-corrected chi connectivity index (χ1v) is 6.09. The van der Waals surface area contributed by atoms with Gasteiger partial charge in [0.25, 0.3) is 0 Å². The first-order valence-electron chi connectivity index (χ1n) is 5.71. The van der Waals surface area contributed by atoms with Crippen molar-refractivity contribution in [2.24, 2.45) is 18.9 Å². The number of Topliss-reactive ketones (excluding diaryl/α,β-unsaturated/α-hetero) is 1. The lowest BCUT2D eigenvalue weighted by molar-refractivity contribution is -0.122. The number of aryl methyl sites for hydroxylation is 2. The van der Waals surface area contributed by atoms with Gasteiger partial charge in [-0.05, 0) is 25.7 Å². The fourth-order valence-electron chi connectivity index (χ4n) is 2.07. The van der Waals surface area contributed by atoms with Gasteiger partial charge in [0.05, 0.1) is 5.69 Å². The number of halogens is 1. The molecule has 0 spiro atoms. The minimum Gasteiger partial charge on any atom is -0.299 e. The lowest BCUT2D eigenvalue weighted by Gasteiger charge is -2.08. The van der Waals surface area contributed by atoms with Gasteiger partial charge >= 0.3 is 0 Å². The molecule has 1 heterocycles. The minimum atomic E-state index is 0.177. The van der Waals surface area contributed by atoms with Crippen molar-refractivity contribution in [3.05, 3.63) is 16.4 Å². The molecule has 1 aromatic heterocycles. The highest BCUT2D eigenvalue weighted by molar-refractivity contribution is 6.30. The molecule has 1 fully saturated rings. The van der Waals surface area contributed by atoms with Crippen LogP contribution in [0.4, 0.5) is 0 Å². The van der Waals surface area contributed by atoms with E-state index in [1.807, 2.05) is 13.8 Å². The molecule has 1 unspecified atom stereocenters. The number of carbonyl (C=O) groups is 1. The predicted octanol–water partition coefficient (Wildman–Crippen LogP) is 2.54. The normalized spacial score (nSPS) is 17.5. The average molecular weight is 241 g/mol. The zero-order valence-electron chi connectivity index (χ0n) is 9.96. The van der Waals surface area contributed by atoms with Crippen LogP contribution in [0.3, 0.4) is 0 Å². The molecular weight excluding hydrogens is 224 g/mol. The van der Waals surface area contributed by atoms with Gasteiger partial charge in [0.2, 0.25) is 0 Å². The second-order valence-corrected chi connectivity index (χ2v) is 5.11. The Kier molecular flexibility index (Phi) is 3.06. The second-order valence-electron chi connectivity index (χ2n) is 4.75. The summed E-state index contributed by atoms with van der Waals surface area (Å²) in [6.07, 6.45) is 2.83. The summed E-state index contributed by atoms with van der Waals surface area (Å²) in [4.78, 5) is 12.0. The van der Waals surface area contributed by atoms with Gasteiger partial charge < -0.3 is 0 Å². The van der Waals surface area contributed by atoms with Crippen LogP contribution in [-0.2, 0) is 18.3 Å². The summed E-state index contributed by atoms with van der Waals surface area (Å²) in [5, 5.41) is 4.81. The minimum absolute atomic E-state index is 0.177. The van der Waals surface area contributed by atoms with Crippen molar-refractivity contribution in [1.82, 2.24) is 9.78 Å². The third kappa shape index (κ3) is 2.14. The van der Waals surface area contributed by atoms with Gasteiger partial charge in [-0.25, -0.2) is 0 Å². The van der Waals surface area contributed by atoms with E-state index in [-0.39, 0.29) is 5.92 Å². The molecule has 1 saturated carbocycles. The maximum atomic E-state index is 12.0. The molecule has 0 bridgehead atoms. The molecule has 1 atom stereocenters. The Balaban J connectivity index is 2.10. The Morgan fingerprint density at radius 1 is 1.62 bits per heavy atom. The SMILES string of the molecule is Cc1nn(C)c(Cl)c1CC(=O)C(C)C1CC1. The summed E-state index contributed by atoms with van der Waals surface area (Å²) in [6, 6.07) is 0. The number of hydrogen-bond acceptors (Lipinski definition) is 2. The van der Waals surface area contributed by atoms with Crippen LogP contribution in [0, 0.1) is 18.8 Å². The number of aromatic nitrogens is 2. The summed E-state index contributed by atoms with van der Waals surface area (Å²) in [6.45, 7) is 3.93. The van der Waals surface area contributed by atoms with Crippen LogP contribution in [0.5, 0.6) is 0 Å². The number of rotatable bonds is 4. The average Bonchev–Trinajstić information content (AvgIpc) is 3.03. The van der Waals surface area contributed by atoms with Crippen molar-refractivity contribution in [3.8, 4) is 0 Å². The van der Waals surface area contributed by atoms with Crippen molar-refractivity contribution < 1.29 is 4.79 Å². The molecule has 3 nitrogen and oxygen atoms in total. The van der Waals surface area contributed by atoms with Crippen LogP contribution >= 0.6 is 11.6 Å². The molecular formula is C12H17ClN2O. The van der Waals surface area contributed by atoms with E-state index in [0.29, 0.717) is 23.3 Å². The third-order valence-corrected chi connectivity index (χ3v) is 3.93. The summed E-state index contributed by atoms with van der Waals surface area (Å²) >= 11 is 6.11. The van der Waals surface area contributed by atoms with Crippen LogP contribution in [0.2, 0.25) is 5.15 Å².